The molecule has 0 fully saturated rings. The van der Waals surface area contributed by atoms with Gasteiger partial charge >= 0.3 is 5.97 Å². The van der Waals surface area contributed by atoms with Crippen molar-refractivity contribution in [1.29, 1.82) is 0 Å². The lowest BCUT2D eigenvalue weighted by molar-refractivity contribution is -0.145. The highest BCUT2D eigenvalue weighted by Crippen LogP contribution is 2.13. The third-order valence-corrected chi connectivity index (χ3v) is 3.18. The number of imidazole rings is 1. The number of fused-ring (bicyclic) bond motifs is 1. The van der Waals surface area contributed by atoms with Gasteiger partial charge in [-0.05, 0) is 6.42 Å². The van der Waals surface area contributed by atoms with E-state index in [0.29, 0.717) is 30.6 Å². The fourth-order valence-electron chi connectivity index (χ4n) is 1.89. The number of ether oxygens (including phenoxy) is 1. The highest BCUT2D eigenvalue weighted by Gasteiger charge is 2.12. The van der Waals surface area contributed by atoms with E-state index in [1.807, 2.05) is 4.57 Å². The van der Waals surface area contributed by atoms with Gasteiger partial charge in [-0.2, -0.15) is 4.98 Å². The van der Waals surface area contributed by atoms with Crippen LogP contribution in [0.1, 0.15) is 19.8 Å². The molecule has 2 rings (SSSR count). The number of nitrogens with zero attached hydrogens (tertiary/aromatic N) is 4. The van der Waals surface area contributed by atoms with E-state index in [4.69, 9.17) is 10.5 Å². The summed E-state index contributed by atoms with van der Waals surface area (Å²) in [6.45, 7) is 2.51. The number of anilines is 1. The quantitative estimate of drug-likeness (QED) is 0.708. The topological polar surface area (TPSA) is 116 Å². The summed E-state index contributed by atoms with van der Waals surface area (Å²) >= 11 is 0. The van der Waals surface area contributed by atoms with Gasteiger partial charge < -0.3 is 20.1 Å². The Labute approximate surface area is 122 Å². The highest BCUT2D eigenvalue weighted by molar-refractivity contribution is 5.70. The molecule has 0 aliphatic carbocycles. The molecule has 0 aliphatic heterocycles. The number of rotatable bonds is 7. The van der Waals surface area contributed by atoms with E-state index in [1.165, 1.54) is 0 Å². The first-order chi connectivity index (χ1) is 10.1. The summed E-state index contributed by atoms with van der Waals surface area (Å²) in [4.78, 5) is 23.3. The number of hydrogen-bond donors (Lipinski definition) is 2. The Morgan fingerprint density at radius 2 is 2.33 bits per heavy atom. The molecular formula is C13H19N5O3. The van der Waals surface area contributed by atoms with Gasteiger partial charge in [0.25, 0.3) is 0 Å². The van der Waals surface area contributed by atoms with Gasteiger partial charge in [0.1, 0.15) is 5.52 Å². The zero-order valence-electron chi connectivity index (χ0n) is 11.9. The number of nitrogens with two attached hydrogens (primary N) is 1. The zero-order valence-corrected chi connectivity index (χ0v) is 11.9. The van der Waals surface area contributed by atoms with Crippen molar-refractivity contribution >= 4 is 23.1 Å². The number of hydrogen-bond acceptors (Lipinski definition) is 7. The van der Waals surface area contributed by atoms with E-state index in [-0.39, 0.29) is 31.0 Å². The molecule has 0 bridgehead atoms. The Hall–Kier alpha value is -2.22. The van der Waals surface area contributed by atoms with Crippen LogP contribution in [0.4, 0.5) is 5.95 Å². The van der Waals surface area contributed by atoms with Gasteiger partial charge in [0, 0.05) is 25.5 Å². The summed E-state index contributed by atoms with van der Waals surface area (Å²) in [6.07, 6.45) is 4.20. The van der Waals surface area contributed by atoms with Crippen molar-refractivity contribution < 1.29 is 14.6 Å². The van der Waals surface area contributed by atoms with Crippen molar-refractivity contribution in [3.05, 3.63) is 12.5 Å². The number of esters is 1. The van der Waals surface area contributed by atoms with Gasteiger partial charge in [-0.15, -0.1) is 0 Å². The Balaban J connectivity index is 1.96. The van der Waals surface area contributed by atoms with E-state index < -0.39 is 0 Å². The van der Waals surface area contributed by atoms with Crippen LogP contribution in [0, 0.1) is 5.92 Å². The zero-order chi connectivity index (χ0) is 15.2. The summed E-state index contributed by atoms with van der Waals surface area (Å²) in [5.74, 6) is -0.181. The smallest absolute Gasteiger partial charge is 0.305 e. The predicted molar refractivity (Wildman–Crippen MR) is 76.2 cm³/mol. The molecule has 0 spiro atoms. The van der Waals surface area contributed by atoms with Gasteiger partial charge in [-0.3, -0.25) is 4.79 Å². The first kappa shape index (κ1) is 15.2. The van der Waals surface area contributed by atoms with Crippen LogP contribution in [0.15, 0.2) is 12.5 Å². The molecule has 1 unspecified atom stereocenters. The van der Waals surface area contributed by atoms with Gasteiger partial charge in [0.15, 0.2) is 5.65 Å². The van der Waals surface area contributed by atoms with Crippen LogP contribution in [-0.4, -0.2) is 43.8 Å². The van der Waals surface area contributed by atoms with E-state index in [9.17, 15) is 9.90 Å². The van der Waals surface area contributed by atoms with Crippen LogP contribution in [0.3, 0.4) is 0 Å². The number of carbonyl (C=O) groups excluding carboxylic acids is 1. The second-order valence-electron chi connectivity index (χ2n) is 4.75. The largest absolute Gasteiger partial charge is 0.465 e. The lowest BCUT2D eigenvalue weighted by atomic mass is 10.1. The molecule has 2 aromatic rings. The molecule has 8 nitrogen and oxygen atoms in total. The number of nitrogen functional groups attached to an aromatic ring is 1. The molecule has 8 heteroatoms. The second-order valence-corrected chi connectivity index (χ2v) is 4.75. The van der Waals surface area contributed by atoms with Gasteiger partial charge in [0.05, 0.1) is 19.1 Å². The monoisotopic (exact) mass is 293 g/mol. The molecular weight excluding hydrogens is 274 g/mol. The van der Waals surface area contributed by atoms with E-state index in [1.54, 1.807) is 19.4 Å². The summed E-state index contributed by atoms with van der Waals surface area (Å²) in [5, 5.41) is 9.34. The summed E-state index contributed by atoms with van der Waals surface area (Å²) in [5.41, 5.74) is 6.90. The first-order valence-corrected chi connectivity index (χ1v) is 6.83. The van der Waals surface area contributed by atoms with Gasteiger partial charge in [0.2, 0.25) is 5.95 Å². The molecule has 2 aromatic heterocycles. The minimum Gasteiger partial charge on any atom is -0.465 e. The Bertz CT molecular complexity index is 613. The lowest BCUT2D eigenvalue weighted by Crippen LogP contribution is -2.18. The maximum atomic E-state index is 11.1. The molecule has 0 amide bonds. The van der Waals surface area contributed by atoms with Crippen LogP contribution in [0.2, 0.25) is 0 Å². The third-order valence-electron chi connectivity index (χ3n) is 3.18. The van der Waals surface area contributed by atoms with Crippen molar-refractivity contribution in [3.8, 4) is 0 Å². The number of aromatic nitrogens is 4. The number of carbonyl (C=O) groups is 1. The number of aryl methyl sites for hydroxylation is 1. The van der Waals surface area contributed by atoms with Crippen LogP contribution in [0.25, 0.3) is 11.2 Å². The van der Waals surface area contributed by atoms with Crippen molar-refractivity contribution in [2.75, 3.05) is 18.9 Å². The van der Waals surface area contributed by atoms with Crippen molar-refractivity contribution in [2.45, 2.75) is 26.3 Å². The summed E-state index contributed by atoms with van der Waals surface area (Å²) in [6, 6.07) is 0. The van der Waals surface area contributed by atoms with Crippen LogP contribution < -0.4 is 5.73 Å². The number of aliphatic hydroxyl groups is 1. The van der Waals surface area contributed by atoms with Crippen molar-refractivity contribution in [1.82, 2.24) is 19.5 Å². The fraction of sp³-hybridized carbons (Fsp3) is 0.538. The highest BCUT2D eigenvalue weighted by atomic mass is 16.5. The molecule has 0 saturated heterocycles. The van der Waals surface area contributed by atoms with Crippen LogP contribution in [0.5, 0.6) is 0 Å². The van der Waals surface area contributed by atoms with E-state index in [2.05, 4.69) is 15.0 Å². The second kappa shape index (κ2) is 6.98. The molecule has 114 valence electrons. The molecule has 1 atom stereocenters. The van der Waals surface area contributed by atoms with E-state index >= 15 is 0 Å². The normalized spacial score (nSPS) is 12.5. The van der Waals surface area contributed by atoms with Gasteiger partial charge in [-0.1, -0.05) is 6.92 Å². The van der Waals surface area contributed by atoms with E-state index in [0.717, 1.165) is 0 Å². The lowest BCUT2D eigenvalue weighted by Gasteiger charge is -2.14. The average Bonchev–Trinajstić information content (AvgIpc) is 2.89. The molecule has 3 N–H and O–H groups in total. The molecule has 0 radical (unpaired) electrons. The average molecular weight is 293 g/mol. The van der Waals surface area contributed by atoms with Crippen molar-refractivity contribution in [3.63, 3.8) is 0 Å². The van der Waals surface area contributed by atoms with Crippen LogP contribution >= 0.6 is 0 Å². The van der Waals surface area contributed by atoms with Crippen LogP contribution in [-0.2, 0) is 16.1 Å². The minimum absolute atomic E-state index is 0.0409. The van der Waals surface area contributed by atoms with Gasteiger partial charge in [-0.25, -0.2) is 9.97 Å². The predicted octanol–water partition coefficient (Wildman–Crippen LogP) is 0.360. The molecule has 0 saturated carbocycles. The third kappa shape index (κ3) is 3.88. The molecule has 21 heavy (non-hydrogen) atoms. The standard InChI is InChI=1S/C13H19N5O3/c1-2-11(20)21-7-9(6-19)3-4-18-8-16-10-5-15-13(14)17-12(10)18/h5,8-9,19H,2-4,6-7H2,1H3,(H2,14,15,17). The Kier molecular flexibility index (Phi) is 5.04. The Morgan fingerprint density at radius 3 is 3.05 bits per heavy atom. The summed E-state index contributed by atoms with van der Waals surface area (Å²) < 4.78 is 6.90. The fourth-order valence-corrected chi connectivity index (χ4v) is 1.89. The first-order valence-electron chi connectivity index (χ1n) is 6.83. The molecule has 0 aliphatic rings. The number of aliphatic hydroxyl groups excluding tert-OH is 1. The SMILES string of the molecule is CCC(=O)OCC(CO)CCn1cnc2cnc(N)nc21. The Morgan fingerprint density at radius 1 is 1.52 bits per heavy atom. The molecule has 0 aromatic carbocycles. The summed E-state index contributed by atoms with van der Waals surface area (Å²) in [7, 11) is 0. The maximum Gasteiger partial charge on any atom is 0.305 e. The molecule has 2 heterocycles. The minimum atomic E-state index is -0.262. The van der Waals surface area contributed by atoms with Crippen molar-refractivity contribution in [2.24, 2.45) is 5.92 Å². The maximum absolute atomic E-state index is 11.1.